The lowest BCUT2D eigenvalue weighted by molar-refractivity contribution is -0.384. The summed E-state index contributed by atoms with van der Waals surface area (Å²) < 4.78 is 7.71. The van der Waals surface area contributed by atoms with Gasteiger partial charge in [-0.3, -0.25) is 14.8 Å². The summed E-state index contributed by atoms with van der Waals surface area (Å²) in [6.45, 7) is 1.43. The first-order valence-corrected chi connectivity index (χ1v) is 7.65. The lowest BCUT2D eigenvalue weighted by atomic mass is 9.98. The molecule has 3 rings (SSSR count). The van der Waals surface area contributed by atoms with Crippen LogP contribution in [0, 0.1) is 10.1 Å². The zero-order valence-electron chi connectivity index (χ0n) is 12.4. The molecule has 0 amide bonds. The Morgan fingerprint density at radius 3 is 2.77 bits per heavy atom. The van der Waals surface area contributed by atoms with Crippen LogP contribution < -0.4 is 4.74 Å². The minimum absolute atomic E-state index is 0.0792. The van der Waals surface area contributed by atoms with Gasteiger partial charge in [0.2, 0.25) is 0 Å². The number of nitro benzene ring substituents is 1. The number of fused-ring (bicyclic) bond motifs is 1. The fraction of sp³-hybridized carbons (Fsp3) is 0.438. The molecule has 0 N–H and O–H groups in total. The fourth-order valence-corrected chi connectivity index (χ4v) is 2.82. The van der Waals surface area contributed by atoms with Gasteiger partial charge >= 0.3 is 0 Å². The maximum absolute atomic E-state index is 10.6. The molecule has 6 heteroatoms. The van der Waals surface area contributed by atoms with Crippen molar-refractivity contribution in [1.82, 2.24) is 9.78 Å². The molecule has 2 aromatic rings. The van der Waals surface area contributed by atoms with Gasteiger partial charge in [0, 0.05) is 30.8 Å². The molecule has 0 aliphatic heterocycles. The Morgan fingerprint density at radius 1 is 1.23 bits per heavy atom. The number of aromatic nitrogens is 2. The van der Waals surface area contributed by atoms with Crippen LogP contribution in [0.4, 0.5) is 5.69 Å². The highest BCUT2D eigenvalue weighted by Gasteiger charge is 2.14. The van der Waals surface area contributed by atoms with Crippen LogP contribution in [0.25, 0.3) is 0 Å². The smallest absolute Gasteiger partial charge is 0.269 e. The third-order valence-electron chi connectivity index (χ3n) is 3.98. The van der Waals surface area contributed by atoms with Crippen molar-refractivity contribution < 1.29 is 9.66 Å². The normalized spacial score (nSPS) is 13.6. The molecule has 1 aliphatic carbocycles. The van der Waals surface area contributed by atoms with E-state index in [0.717, 1.165) is 25.8 Å². The van der Waals surface area contributed by atoms with Gasteiger partial charge < -0.3 is 4.74 Å². The van der Waals surface area contributed by atoms with E-state index in [4.69, 9.17) is 4.74 Å². The Kier molecular flexibility index (Phi) is 4.37. The highest BCUT2D eigenvalue weighted by molar-refractivity contribution is 5.35. The zero-order valence-corrected chi connectivity index (χ0v) is 12.4. The molecule has 1 aromatic carbocycles. The predicted octanol–water partition coefficient (Wildman–Crippen LogP) is 3.14. The van der Waals surface area contributed by atoms with Crippen LogP contribution in [-0.2, 0) is 19.4 Å². The number of nitrogens with zero attached hydrogens (tertiary/aromatic N) is 3. The molecule has 0 bridgehead atoms. The lowest BCUT2D eigenvalue weighted by Crippen LogP contribution is -2.11. The van der Waals surface area contributed by atoms with E-state index in [-0.39, 0.29) is 5.69 Å². The molecule has 22 heavy (non-hydrogen) atoms. The van der Waals surface area contributed by atoms with Crippen LogP contribution in [0.1, 0.15) is 30.5 Å². The highest BCUT2D eigenvalue weighted by atomic mass is 16.6. The van der Waals surface area contributed by atoms with Gasteiger partial charge in [0.25, 0.3) is 5.69 Å². The Morgan fingerprint density at radius 2 is 2.00 bits per heavy atom. The van der Waals surface area contributed by atoms with E-state index in [9.17, 15) is 10.1 Å². The average Bonchev–Trinajstić information content (AvgIpc) is 2.95. The number of hydrogen-bond donors (Lipinski definition) is 0. The molecule has 0 atom stereocenters. The molecule has 6 nitrogen and oxygen atoms in total. The van der Waals surface area contributed by atoms with E-state index < -0.39 is 4.92 Å². The summed E-state index contributed by atoms with van der Waals surface area (Å²) in [6, 6.07) is 6.18. The Hall–Kier alpha value is -2.37. The number of aryl methyl sites for hydroxylation is 2. The molecule has 1 heterocycles. The minimum Gasteiger partial charge on any atom is -0.494 e. The molecule has 1 aliphatic rings. The number of nitro groups is 1. The largest absolute Gasteiger partial charge is 0.494 e. The van der Waals surface area contributed by atoms with Crippen LogP contribution in [0.3, 0.4) is 0 Å². The van der Waals surface area contributed by atoms with E-state index >= 15 is 0 Å². The number of non-ortho nitro benzene ring substituents is 1. The van der Waals surface area contributed by atoms with Crippen molar-refractivity contribution in [2.75, 3.05) is 6.61 Å². The van der Waals surface area contributed by atoms with Gasteiger partial charge in [-0.2, -0.15) is 5.10 Å². The number of hydrogen-bond acceptors (Lipinski definition) is 4. The van der Waals surface area contributed by atoms with Crippen molar-refractivity contribution in [3.8, 4) is 5.75 Å². The van der Waals surface area contributed by atoms with E-state index in [1.54, 1.807) is 12.1 Å². The Balaban J connectivity index is 1.47. The van der Waals surface area contributed by atoms with Gasteiger partial charge in [-0.1, -0.05) is 0 Å². The number of benzene rings is 1. The fourth-order valence-electron chi connectivity index (χ4n) is 2.82. The summed E-state index contributed by atoms with van der Waals surface area (Å²) in [7, 11) is 0. The lowest BCUT2D eigenvalue weighted by Gasteiger charge is -2.14. The molecule has 0 radical (unpaired) electrons. The summed E-state index contributed by atoms with van der Waals surface area (Å²) in [5.41, 5.74) is 2.85. The van der Waals surface area contributed by atoms with Crippen molar-refractivity contribution in [2.24, 2.45) is 0 Å². The van der Waals surface area contributed by atoms with Crippen LogP contribution >= 0.6 is 0 Å². The van der Waals surface area contributed by atoms with E-state index in [2.05, 4.69) is 9.78 Å². The SMILES string of the molecule is O=[N+]([O-])c1ccc(OCCCn2ncc3c2CCCC3)cc1. The quantitative estimate of drug-likeness (QED) is 0.467. The maximum atomic E-state index is 10.6. The van der Waals surface area contributed by atoms with Gasteiger partial charge in [-0.25, -0.2) is 0 Å². The second-order valence-corrected chi connectivity index (χ2v) is 5.50. The first-order valence-electron chi connectivity index (χ1n) is 7.65. The second kappa shape index (κ2) is 6.60. The summed E-state index contributed by atoms with van der Waals surface area (Å²) in [4.78, 5) is 10.2. The molecule has 116 valence electrons. The predicted molar refractivity (Wildman–Crippen MR) is 82.1 cm³/mol. The summed E-state index contributed by atoms with van der Waals surface area (Å²) in [5.74, 6) is 0.660. The van der Waals surface area contributed by atoms with Crippen LogP contribution in [0.15, 0.2) is 30.5 Å². The van der Waals surface area contributed by atoms with Crippen molar-refractivity contribution in [3.05, 3.63) is 51.8 Å². The van der Waals surface area contributed by atoms with E-state index in [0.29, 0.717) is 12.4 Å². The van der Waals surface area contributed by atoms with Gasteiger partial charge in [-0.15, -0.1) is 0 Å². The van der Waals surface area contributed by atoms with Crippen LogP contribution in [-0.4, -0.2) is 21.3 Å². The molecule has 1 aromatic heterocycles. The van der Waals surface area contributed by atoms with E-state index in [1.165, 1.54) is 36.2 Å². The topological polar surface area (TPSA) is 70.2 Å². The third-order valence-corrected chi connectivity index (χ3v) is 3.98. The summed E-state index contributed by atoms with van der Waals surface area (Å²) in [6.07, 6.45) is 7.64. The van der Waals surface area contributed by atoms with Crippen LogP contribution in [0.5, 0.6) is 5.75 Å². The maximum Gasteiger partial charge on any atom is 0.269 e. The van der Waals surface area contributed by atoms with Crippen molar-refractivity contribution in [2.45, 2.75) is 38.6 Å². The third kappa shape index (κ3) is 3.27. The van der Waals surface area contributed by atoms with Crippen molar-refractivity contribution in [1.29, 1.82) is 0 Å². The summed E-state index contributed by atoms with van der Waals surface area (Å²) in [5, 5.41) is 15.0. The minimum atomic E-state index is -0.412. The highest BCUT2D eigenvalue weighted by Crippen LogP contribution is 2.21. The molecule has 0 saturated carbocycles. The first kappa shape index (κ1) is 14.6. The van der Waals surface area contributed by atoms with Crippen LogP contribution in [0.2, 0.25) is 0 Å². The van der Waals surface area contributed by atoms with Gasteiger partial charge in [0.1, 0.15) is 5.75 Å². The molecular weight excluding hydrogens is 282 g/mol. The van der Waals surface area contributed by atoms with Crippen molar-refractivity contribution >= 4 is 5.69 Å². The molecular formula is C16H19N3O3. The second-order valence-electron chi connectivity index (χ2n) is 5.50. The van der Waals surface area contributed by atoms with E-state index in [1.807, 2.05) is 6.20 Å². The molecule has 0 spiro atoms. The van der Waals surface area contributed by atoms with Gasteiger partial charge in [-0.05, 0) is 43.4 Å². The number of ether oxygens (including phenoxy) is 1. The standard InChI is InChI=1S/C16H19N3O3/c20-19(21)14-6-8-15(9-7-14)22-11-3-10-18-16-5-2-1-4-13(16)12-17-18/h6-9,12H,1-5,10-11H2. The first-order chi connectivity index (χ1) is 10.7. The zero-order chi connectivity index (χ0) is 15.4. The Labute approximate surface area is 128 Å². The number of rotatable bonds is 6. The average molecular weight is 301 g/mol. The van der Waals surface area contributed by atoms with Crippen molar-refractivity contribution in [3.63, 3.8) is 0 Å². The van der Waals surface area contributed by atoms with Gasteiger partial charge in [0.15, 0.2) is 0 Å². The summed E-state index contributed by atoms with van der Waals surface area (Å²) >= 11 is 0. The monoisotopic (exact) mass is 301 g/mol. The van der Waals surface area contributed by atoms with Gasteiger partial charge in [0.05, 0.1) is 17.7 Å². The molecule has 0 fully saturated rings. The Bertz CT molecular complexity index is 649. The molecule has 0 unspecified atom stereocenters. The molecule has 0 saturated heterocycles.